The van der Waals surface area contributed by atoms with E-state index in [1.165, 1.54) is 12.1 Å². The molecular formula is C16H17NO4. The standard InChI is InChI=1S/C16H17NO4/c1-3-13-7-10(2)14(21-13)15(18)17-9-11-5-4-6-12(8-11)16(19)20/h4-8H,3,9H2,1-2H3,(H,17,18)(H,19,20). The molecule has 0 saturated carbocycles. The van der Waals surface area contributed by atoms with Crippen LogP contribution in [0.4, 0.5) is 0 Å². The molecule has 0 saturated heterocycles. The molecule has 0 bridgehead atoms. The molecule has 5 nitrogen and oxygen atoms in total. The molecule has 2 rings (SSSR count). The van der Waals surface area contributed by atoms with Crippen molar-refractivity contribution in [3.63, 3.8) is 0 Å². The van der Waals surface area contributed by atoms with Crippen LogP contribution in [0.25, 0.3) is 0 Å². The molecule has 0 fully saturated rings. The van der Waals surface area contributed by atoms with Crippen molar-refractivity contribution in [3.8, 4) is 0 Å². The fourth-order valence-electron chi connectivity index (χ4n) is 2.02. The molecule has 110 valence electrons. The van der Waals surface area contributed by atoms with E-state index in [0.29, 0.717) is 5.76 Å². The van der Waals surface area contributed by atoms with E-state index in [9.17, 15) is 9.59 Å². The van der Waals surface area contributed by atoms with Gasteiger partial charge in [-0.1, -0.05) is 19.1 Å². The van der Waals surface area contributed by atoms with Crippen LogP contribution in [-0.2, 0) is 13.0 Å². The lowest BCUT2D eigenvalue weighted by Gasteiger charge is -2.05. The highest BCUT2D eigenvalue weighted by Gasteiger charge is 2.15. The lowest BCUT2D eigenvalue weighted by atomic mass is 10.1. The number of aromatic carboxylic acids is 1. The topological polar surface area (TPSA) is 79.5 Å². The Balaban J connectivity index is 2.05. The van der Waals surface area contributed by atoms with Crippen molar-refractivity contribution in [2.24, 2.45) is 0 Å². The van der Waals surface area contributed by atoms with Crippen LogP contribution >= 0.6 is 0 Å². The first kappa shape index (κ1) is 14.8. The van der Waals surface area contributed by atoms with Gasteiger partial charge in [-0.15, -0.1) is 0 Å². The first-order valence-electron chi connectivity index (χ1n) is 6.71. The van der Waals surface area contributed by atoms with Crippen LogP contribution in [0.3, 0.4) is 0 Å². The van der Waals surface area contributed by atoms with Crippen molar-refractivity contribution >= 4 is 11.9 Å². The smallest absolute Gasteiger partial charge is 0.335 e. The molecule has 0 radical (unpaired) electrons. The second-order valence-corrected chi connectivity index (χ2v) is 4.77. The maximum absolute atomic E-state index is 12.1. The number of rotatable bonds is 5. The number of hydrogen-bond acceptors (Lipinski definition) is 3. The second-order valence-electron chi connectivity index (χ2n) is 4.77. The summed E-state index contributed by atoms with van der Waals surface area (Å²) >= 11 is 0. The summed E-state index contributed by atoms with van der Waals surface area (Å²) in [6.07, 6.45) is 0.731. The Bertz CT molecular complexity index is 673. The maximum Gasteiger partial charge on any atom is 0.335 e. The number of amides is 1. The van der Waals surface area contributed by atoms with Gasteiger partial charge in [0.1, 0.15) is 5.76 Å². The van der Waals surface area contributed by atoms with Crippen LogP contribution in [0, 0.1) is 6.92 Å². The fraction of sp³-hybridized carbons (Fsp3) is 0.250. The molecule has 2 aromatic rings. The number of carboxylic acids is 1. The molecular weight excluding hydrogens is 270 g/mol. The molecule has 1 aromatic carbocycles. The first-order chi connectivity index (χ1) is 10.0. The average Bonchev–Trinajstić information content (AvgIpc) is 2.86. The van der Waals surface area contributed by atoms with Gasteiger partial charge in [0.2, 0.25) is 0 Å². The minimum Gasteiger partial charge on any atom is -0.478 e. The van der Waals surface area contributed by atoms with E-state index in [1.807, 2.05) is 19.9 Å². The predicted octanol–water partition coefficient (Wildman–Crippen LogP) is 2.78. The number of nitrogens with one attached hydrogen (secondary N) is 1. The van der Waals surface area contributed by atoms with E-state index in [-0.39, 0.29) is 18.0 Å². The molecule has 21 heavy (non-hydrogen) atoms. The van der Waals surface area contributed by atoms with Crippen LogP contribution < -0.4 is 5.32 Å². The number of aryl methyl sites for hydroxylation is 2. The maximum atomic E-state index is 12.1. The molecule has 1 amide bonds. The molecule has 0 aliphatic heterocycles. The van der Waals surface area contributed by atoms with Crippen LogP contribution in [0.15, 0.2) is 34.7 Å². The van der Waals surface area contributed by atoms with E-state index in [1.54, 1.807) is 12.1 Å². The third-order valence-electron chi connectivity index (χ3n) is 3.15. The summed E-state index contributed by atoms with van der Waals surface area (Å²) in [7, 11) is 0. The largest absolute Gasteiger partial charge is 0.478 e. The van der Waals surface area contributed by atoms with Crippen molar-refractivity contribution < 1.29 is 19.1 Å². The molecule has 0 atom stereocenters. The third-order valence-corrected chi connectivity index (χ3v) is 3.15. The van der Waals surface area contributed by atoms with Crippen molar-refractivity contribution in [1.29, 1.82) is 0 Å². The van der Waals surface area contributed by atoms with Gasteiger partial charge in [0.05, 0.1) is 5.56 Å². The summed E-state index contributed by atoms with van der Waals surface area (Å²) < 4.78 is 5.47. The summed E-state index contributed by atoms with van der Waals surface area (Å²) in [6, 6.07) is 8.31. The average molecular weight is 287 g/mol. The van der Waals surface area contributed by atoms with Crippen molar-refractivity contribution in [1.82, 2.24) is 5.32 Å². The van der Waals surface area contributed by atoms with Gasteiger partial charge in [0.25, 0.3) is 5.91 Å². The molecule has 5 heteroatoms. The number of carbonyl (C=O) groups excluding carboxylic acids is 1. The Hall–Kier alpha value is -2.56. The lowest BCUT2D eigenvalue weighted by molar-refractivity contribution is 0.0696. The van der Waals surface area contributed by atoms with Gasteiger partial charge in [-0.25, -0.2) is 4.79 Å². The number of benzene rings is 1. The normalized spacial score (nSPS) is 10.4. The molecule has 0 aliphatic rings. The Morgan fingerprint density at radius 2 is 2.05 bits per heavy atom. The number of furan rings is 1. The van der Waals surface area contributed by atoms with Crippen LogP contribution in [0.5, 0.6) is 0 Å². The zero-order chi connectivity index (χ0) is 15.4. The highest BCUT2D eigenvalue weighted by molar-refractivity contribution is 5.93. The van der Waals surface area contributed by atoms with E-state index in [4.69, 9.17) is 9.52 Å². The zero-order valence-corrected chi connectivity index (χ0v) is 12.0. The quantitative estimate of drug-likeness (QED) is 0.886. The van der Waals surface area contributed by atoms with Gasteiger partial charge in [0, 0.05) is 18.5 Å². The Kier molecular flexibility index (Phi) is 4.42. The number of carbonyl (C=O) groups is 2. The van der Waals surface area contributed by atoms with Gasteiger partial charge >= 0.3 is 5.97 Å². The summed E-state index contributed by atoms with van der Waals surface area (Å²) in [6.45, 7) is 4.03. The van der Waals surface area contributed by atoms with Crippen molar-refractivity contribution in [2.75, 3.05) is 0 Å². The molecule has 1 heterocycles. The highest BCUT2D eigenvalue weighted by atomic mass is 16.4. The molecule has 2 N–H and O–H groups in total. The Morgan fingerprint density at radius 3 is 2.67 bits per heavy atom. The van der Waals surface area contributed by atoms with Crippen molar-refractivity contribution in [2.45, 2.75) is 26.8 Å². The predicted molar refractivity (Wildman–Crippen MR) is 77.4 cm³/mol. The van der Waals surface area contributed by atoms with Crippen LogP contribution in [0.1, 0.15) is 44.7 Å². The number of hydrogen-bond donors (Lipinski definition) is 2. The molecule has 1 aromatic heterocycles. The van der Waals surface area contributed by atoms with Gasteiger partial charge in [-0.2, -0.15) is 0 Å². The van der Waals surface area contributed by atoms with Gasteiger partial charge in [-0.3, -0.25) is 4.79 Å². The second kappa shape index (κ2) is 6.26. The van der Waals surface area contributed by atoms with E-state index in [0.717, 1.165) is 23.3 Å². The first-order valence-corrected chi connectivity index (χ1v) is 6.71. The third kappa shape index (κ3) is 3.51. The minimum absolute atomic E-state index is 0.198. The fourth-order valence-corrected chi connectivity index (χ4v) is 2.02. The van der Waals surface area contributed by atoms with E-state index >= 15 is 0 Å². The summed E-state index contributed by atoms with van der Waals surface area (Å²) in [5.41, 5.74) is 1.72. The number of carboxylic acid groups (broad SMARTS) is 1. The Morgan fingerprint density at radius 1 is 1.29 bits per heavy atom. The van der Waals surface area contributed by atoms with Gasteiger partial charge < -0.3 is 14.8 Å². The van der Waals surface area contributed by atoms with Crippen LogP contribution in [-0.4, -0.2) is 17.0 Å². The summed E-state index contributed by atoms with van der Waals surface area (Å²) in [5, 5.41) is 11.7. The molecule has 0 unspecified atom stereocenters. The zero-order valence-electron chi connectivity index (χ0n) is 12.0. The summed E-state index contributed by atoms with van der Waals surface area (Å²) in [5.74, 6) is -0.211. The Labute approximate surface area is 122 Å². The monoisotopic (exact) mass is 287 g/mol. The highest BCUT2D eigenvalue weighted by Crippen LogP contribution is 2.15. The molecule has 0 spiro atoms. The lowest BCUT2D eigenvalue weighted by Crippen LogP contribution is -2.23. The van der Waals surface area contributed by atoms with Crippen molar-refractivity contribution in [3.05, 3.63) is 58.5 Å². The minimum atomic E-state index is -0.988. The summed E-state index contributed by atoms with van der Waals surface area (Å²) in [4.78, 5) is 23.0. The van der Waals surface area contributed by atoms with E-state index in [2.05, 4.69) is 5.32 Å². The van der Waals surface area contributed by atoms with Gasteiger partial charge in [0.15, 0.2) is 5.76 Å². The van der Waals surface area contributed by atoms with Crippen LogP contribution in [0.2, 0.25) is 0 Å². The van der Waals surface area contributed by atoms with Gasteiger partial charge in [-0.05, 0) is 30.7 Å². The van der Waals surface area contributed by atoms with E-state index < -0.39 is 5.97 Å². The molecule has 0 aliphatic carbocycles. The SMILES string of the molecule is CCc1cc(C)c(C(=O)NCc2cccc(C(=O)O)c2)o1.